The molecule has 0 saturated carbocycles. The SMILES string of the molecule is CC1OC(C)[C@H](N=[N+]=[N-])[C@H](O)[C@@H]1O. The third kappa shape index (κ3) is 1.92. The van der Waals surface area contributed by atoms with Gasteiger partial charge in [-0.05, 0) is 19.4 Å². The van der Waals surface area contributed by atoms with Gasteiger partial charge in [0.25, 0.3) is 0 Å². The van der Waals surface area contributed by atoms with Gasteiger partial charge in [-0.25, -0.2) is 0 Å². The lowest BCUT2D eigenvalue weighted by molar-refractivity contribution is -0.166. The lowest BCUT2D eigenvalue weighted by Crippen LogP contribution is -2.54. The maximum Gasteiger partial charge on any atom is 0.106 e. The van der Waals surface area contributed by atoms with E-state index < -0.39 is 24.4 Å². The summed E-state index contributed by atoms with van der Waals surface area (Å²) in [5.41, 5.74) is 8.22. The van der Waals surface area contributed by atoms with Crippen molar-refractivity contribution in [1.29, 1.82) is 0 Å². The summed E-state index contributed by atoms with van der Waals surface area (Å²) >= 11 is 0. The summed E-state index contributed by atoms with van der Waals surface area (Å²) in [6.07, 6.45) is -2.85. The number of ether oxygens (including phenoxy) is 1. The molecule has 6 nitrogen and oxygen atoms in total. The maximum atomic E-state index is 9.51. The second kappa shape index (κ2) is 3.93. The third-order valence-electron chi connectivity index (χ3n) is 2.28. The molecule has 0 bridgehead atoms. The van der Waals surface area contributed by atoms with Gasteiger partial charge in [0.1, 0.15) is 6.10 Å². The molecule has 1 aliphatic heterocycles. The summed E-state index contributed by atoms with van der Waals surface area (Å²) in [4.78, 5) is 2.59. The molecule has 1 saturated heterocycles. The van der Waals surface area contributed by atoms with E-state index >= 15 is 0 Å². The third-order valence-corrected chi connectivity index (χ3v) is 2.28. The zero-order valence-corrected chi connectivity index (χ0v) is 7.53. The summed E-state index contributed by atoms with van der Waals surface area (Å²) in [7, 11) is 0. The van der Waals surface area contributed by atoms with E-state index in [1.165, 1.54) is 0 Å². The van der Waals surface area contributed by atoms with Gasteiger partial charge in [-0.15, -0.1) is 0 Å². The van der Waals surface area contributed by atoms with Gasteiger partial charge >= 0.3 is 0 Å². The first-order valence-electron chi connectivity index (χ1n) is 4.13. The van der Waals surface area contributed by atoms with Crippen LogP contribution in [0.1, 0.15) is 13.8 Å². The number of azide groups is 1. The molecule has 5 atom stereocenters. The Morgan fingerprint density at radius 3 is 2.38 bits per heavy atom. The Hall–Kier alpha value is -0.810. The molecule has 0 radical (unpaired) electrons. The van der Waals surface area contributed by atoms with Crippen molar-refractivity contribution in [2.24, 2.45) is 5.11 Å². The van der Waals surface area contributed by atoms with Crippen molar-refractivity contribution >= 4 is 0 Å². The standard InChI is InChI=1S/C7H13N3O3/c1-3-5(9-10-8)7(12)6(11)4(2)13-3/h3-7,11-12H,1-2H3/t3?,4?,5-,6+,7-/m0/s1. The van der Waals surface area contributed by atoms with Crippen molar-refractivity contribution in [2.45, 2.75) is 44.3 Å². The quantitative estimate of drug-likeness (QED) is 0.348. The van der Waals surface area contributed by atoms with Crippen LogP contribution in [0, 0.1) is 0 Å². The van der Waals surface area contributed by atoms with Gasteiger partial charge in [-0.2, -0.15) is 0 Å². The van der Waals surface area contributed by atoms with Crippen molar-refractivity contribution in [2.75, 3.05) is 0 Å². The lowest BCUT2D eigenvalue weighted by Gasteiger charge is -2.38. The van der Waals surface area contributed by atoms with E-state index in [-0.39, 0.29) is 6.10 Å². The molecule has 0 aliphatic carbocycles. The van der Waals surface area contributed by atoms with Crippen LogP contribution in [0.25, 0.3) is 10.4 Å². The average Bonchev–Trinajstić information content (AvgIpc) is 2.09. The van der Waals surface area contributed by atoms with Crippen molar-refractivity contribution in [3.8, 4) is 0 Å². The van der Waals surface area contributed by atoms with Gasteiger partial charge < -0.3 is 14.9 Å². The number of rotatable bonds is 1. The van der Waals surface area contributed by atoms with E-state index in [0.29, 0.717) is 0 Å². The highest BCUT2D eigenvalue weighted by Gasteiger charge is 2.39. The Balaban J connectivity index is 2.78. The number of nitrogens with zero attached hydrogens (tertiary/aromatic N) is 3. The molecule has 1 aliphatic rings. The molecule has 74 valence electrons. The van der Waals surface area contributed by atoms with Crippen LogP contribution in [0.2, 0.25) is 0 Å². The van der Waals surface area contributed by atoms with Crippen molar-refractivity contribution in [1.82, 2.24) is 0 Å². The highest BCUT2D eigenvalue weighted by Crippen LogP contribution is 2.22. The predicted octanol–water partition coefficient (Wildman–Crippen LogP) is 0.194. The summed E-state index contributed by atoms with van der Waals surface area (Å²) in [6, 6.07) is -0.712. The van der Waals surface area contributed by atoms with Gasteiger partial charge in [-0.1, -0.05) is 5.11 Å². The number of hydrogen-bond donors (Lipinski definition) is 2. The van der Waals surface area contributed by atoms with Crippen LogP contribution in [0.15, 0.2) is 5.11 Å². The van der Waals surface area contributed by atoms with Crippen molar-refractivity contribution in [3.05, 3.63) is 10.4 Å². The molecular weight excluding hydrogens is 174 g/mol. The van der Waals surface area contributed by atoms with Gasteiger partial charge in [0, 0.05) is 4.91 Å². The Labute approximate surface area is 75.8 Å². The summed E-state index contributed by atoms with van der Waals surface area (Å²) < 4.78 is 5.26. The monoisotopic (exact) mass is 187 g/mol. The molecule has 6 heteroatoms. The fraction of sp³-hybridized carbons (Fsp3) is 1.00. The average molecular weight is 187 g/mol. The second-order valence-electron chi connectivity index (χ2n) is 3.22. The minimum atomic E-state index is -1.05. The molecule has 2 N–H and O–H groups in total. The first-order chi connectivity index (χ1) is 6.07. The number of hydrogen-bond acceptors (Lipinski definition) is 4. The maximum absolute atomic E-state index is 9.51. The summed E-state index contributed by atoms with van der Waals surface area (Å²) in [6.45, 7) is 3.36. The zero-order valence-electron chi connectivity index (χ0n) is 7.53. The van der Waals surface area contributed by atoms with E-state index in [0.717, 1.165) is 0 Å². The fourth-order valence-electron chi connectivity index (χ4n) is 1.48. The first kappa shape index (κ1) is 10.3. The Morgan fingerprint density at radius 1 is 1.23 bits per heavy atom. The van der Waals surface area contributed by atoms with Crippen molar-refractivity contribution < 1.29 is 14.9 Å². The molecule has 1 heterocycles. The molecule has 0 amide bonds. The Morgan fingerprint density at radius 2 is 1.85 bits per heavy atom. The normalized spacial score (nSPS) is 45.4. The van der Waals surface area contributed by atoms with E-state index in [1.807, 2.05) is 0 Å². The fourth-order valence-corrected chi connectivity index (χ4v) is 1.48. The van der Waals surface area contributed by atoms with Crippen LogP contribution >= 0.6 is 0 Å². The minimum Gasteiger partial charge on any atom is -0.390 e. The van der Waals surface area contributed by atoms with Crippen LogP contribution in [0.5, 0.6) is 0 Å². The van der Waals surface area contributed by atoms with Gasteiger partial charge in [-0.3, -0.25) is 0 Å². The highest BCUT2D eigenvalue weighted by atomic mass is 16.5. The number of aliphatic hydroxyl groups excluding tert-OH is 2. The second-order valence-corrected chi connectivity index (χ2v) is 3.22. The lowest BCUT2D eigenvalue weighted by atomic mass is 9.95. The molecule has 13 heavy (non-hydrogen) atoms. The van der Waals surface area contributed by atoms with E-state index in [4.69, 9.17) is 10.3 Å². The largest absolute Gasteiger partial charge is 0.390 e. The van der Waals surface area contributed by atoms with Crippen molar-refractivity contribution in [3.63, 3.8) is 0 Å². The van der Waals surface area contributed by atoms with Gasteiger partial charge in [0.15, 0.2) is 0 Å². The van der Waals surface area contributed by atoms with E-state index in [1.54, 1.807) is 13.8 Å². The molecular formula is C7H13N3O3. The number of aliphatic hydroxyl groups is 2. The Kier molecular flexibility index (Phi) is 3.11. The van der Waals surface area contributed by atoms with Gasteiger partial charge in [0.05, 0.1) is 24.4 Å². The molecule has 0 aromatic heterocycles. The Bertz CT molecular complexity index is 229. The molecule has 0 aromatic carbocycles. The molecule has 1 fully saturated rings. The van der Waals surface area contributed by atoms with E-state index in [2.05, 4.69) is 10.0 Å². The smallest absolute Gasteiger partial charge is 0.106 e. The van der Waals surface area contributed by atoms with Crippen LogP contribution in [-0.2, 0) is 4.74 Å². The highest BCUT2D eigenvalue weighted by molar-refractivity contribution is 4.93. The van der Waals surface area contributed by atoms with Crippen LogP contribution in [-0.4, -0.2) is 40.7 Å². The first-order valence-corrected chi connectivity index (χ1v) is 4.13. The molecule has 0 spiro atoms. The van der Waals surface area contributed by atoms with E-state index in [9.17, 15) is 10.2 Å². The van der Waals surface area contributed by atoms with Crippen LogP contribution in [0.3, 0.4) is 0 Å². The topological polar surface area (TPSA) is 98.5 Å². The minimum absolute atomic E-state index is 0.371. The zero-order chi connectivity index (χ0) is 10.0. The predicted molar refractivity (Wildman–Crippen MR) is 45.0 cm³/mol. The summed E-state index contributed by atoms with van der Waals surface area (Å²) in [5.74, 6) is 0. The van der Waals surface area contributed by atoms with Crippen LogP contribution < -0.4 is 0 Å². The molecule has 0 aromatic rings. The molecule has 1 rings (SSSR count). The van der Waals surface area contributed by atoms with Crippen LogP contribution in [0.4, 0.5) is 0 Å². The summed E-state index contributed by atoms with van der Waals surface area (Å²) in [5, 5.41) is 22.3. The van der Waals surface area contributed by atoms with Gasteiger partial charge in [0.2, 0.25) is 0 Å². The molecule has 2 unspecified atom stereocenters.